The third-order valence-corrected chi connectivity index (χ3v) is 4.73. The van der Waals surface area contributed by atoms with E-state index in [9.17, 15) is 4.79 Å². The molecule has 1 saturated carbocycles. The molecule has 0 saturated heterocycles. The summed E-state index contributed by atoms with van der Waals surface area (Å²) in [6, 6.07) is 1.97. The molecule has 0 aromatic carbocycles. The number of nitrogens with zero attached hydrogens (tertiary/aromatic N) is 1. The number of aromatic amines is 1. The van der Waals surface area contributed by atoms with Crippen molar-refractivity contribution in [1.29, 1.82) is 0 Å². The van der Waals surface area contributed by atoms with Crippen molar-refractivity contribution < 1.29 is 0 Å². The van der Waals surface area contributed by atoms with Gasteiger partial charge in [-0.3, -0.25) is 4.79 Å². The Bertz CT molecular complexity index is 595. The molecule has 3 nitrogen and oxygen atoms in total. The predicted octanol–water partition coefficient (Wildman–Crippen LogP) is 2.89. The largest absolute Gasteiger partial charge is 0.310 e. The van der Waals surface area contributed by atoms with Crippen molar-refractivity contribution in [2.75, 3.05) is 0 Å². The number of hydrogen-bond acceptors (Lipinski definition) is 3. The molecule has 1 N–H and O–H groups in total. The quantitative estimate of drug-likeness (QED) is 0.907. The summed E-state index contributed by atoms with van der Waals surface area (Å²) < 4.78 is 0. The van der Waals surface area contributed by atoms with E-state index in [1.165, 1.54) is 24.1 Å². The maximum atomic E-state index is 11.9. The van der Waals surface area contributed by atoms with Crippen LogP contribution in [-0.2, 0) is 12.8 Å². The molecular weight excluding hydrogens is 232 g/mol. The molecule has 0 atom stereocenters. The van der Waals surface area contributed by atoms with Gasteiger partial charge in [-0.1, -0.05) is 26.2 Å². The van der Waals surface area contributed by atoms with E-state index in [0.29, 0.717) is 0 Å². The summed E-state index contributed by atoms with van der Waals surface area (Å²) >= 11 is 1.65. The number of nitrogens with one attached hydrogen (secondary N) is 1. The molecule has 0 bridgehead atoms. The molecule has 2 aromatic rings. The van der Waals surface area contributed by atoms with Crippen LogP contribution < -0.4 is 5.56 Å². The lowest BCUT2D eigenvalue weighted by molar-refractivity contribution is 0.309. The van der Waals surface area contributed by atoms with Crippen molar-refractivity contribution in [3.05, 3.63) is 27.1 Å². The van der Waals surface area contributed by atoms with Crippen LogP contribution in [0.25, 0.3) is 10.2 Å². The Labute approximate surface area is 104 Å². The Hall–Kier alpha value is -1.16. The van der Waals surface area contributed by atoms with Gasteiger partial charge in [0.15, 0.2) is 0 Å². The fraction of sp³-hybridized carbons (Fsp3) is 0.538. The second kappa shape index (κ2) is 4.26. The van der Waals surface area contributed by atoms with Gasteiger partial charge < -0.3 is 4.98 Å². The van der Waals surface area contributed by atoms with E-state index in [2.05, 4.69) is 16.9 Å². The normalized spacial score (nSPS) is 16.3. The van der Waals surface area contributed by atoms with E-state index in [1.807, 2.05) is 6.07 Å². The van der Waals surface area contributed by atoms with Gasteiger partial charge in [-0.2, -0.15) is 0 Å². The van der Waals surface area contributed by atoms with Gasteiger partial charge in [0, 0.05) is 11.3 Å². The second-order valence-electron chi connectivity index (χ2n) is 4.80. The van der Waals surface area contributed by atoms with Crippen LogP contribution in [0, 0.1) is 5.92 Å². The van der Waals surface area contributed by atoms with Gasteiger partial charge in [0.2, 0.25) is 0 Å². The van der Waals surface area contributed by atoms with Gasteiger partial charge in [-0.05, 0) is 18.4 Å². The molecule has 0 unspecified atom stereocenters. The fourth-order valence-corrected chi connectivity index (χ4v) is 3.25. The minimum atomic E-state index is 0.0280. The number of hydrogen-bond donors (Lipinski definition) is 1. The lowest BCUT2D eigenvalue weighted by atomic mass is 9.83. The van der Waals surface area contributed by atoms with Crippen LogP contribution in [-0.4, -0.2) is 9.97 Å². The summed E-state index contributed by atoms with van der Waals surface area (Å²) in [5.41, 5.74) is 0.0280. The Morgan fingerprint density at radius 1 is 1.53 bits per heavy atom. The molecule has 0 spiro atoms. The maximum Gasteiger partial charge on any atom is 0.259 e. The van der Waals surface area contributed by atoms with Gasteiger partial charge in [0.1, 0.15) is 10.7 Å². The first kappa shape index (κ1) is 11.0. The van der Waals surface area contributed by atoms with Crippen LogP contribution in [0.15, 0.2) is 10.9 Å². The van der Waals surface area contributed by atoms with Crippen LogP contribution in [0.1, 0.15) is 36.9 Å². The summed E-state index contributed by atoms with van der Waals surface area (Å²) in [5.74, 6) is 1.61. The Balaban J connectivity index is 2.00. The number of H-pyrrole nitrogens is 1. The molecule has 1 fully saturated rings. The molecule has 0 amide bonds. The molecule has 1 aliphatic rings. The lowest BCUT2D eigenvalue weighted by Crippen LogP contribution is -2.18. The molecule has 4 heteroatoms. The number of fused-ring (bicyclic) bond motifs is 1. The smallest absolute Gasteiger partial charge is 0.259 e. The Morgan fingerprint density at radius 2 is 2.35 bits per heavy atom. The van der Waals surface area contributed by atoms with Gasteiger partial charge in [-0.15, -0.1) is 11.3 Å². The van der Waals surface area contributed by atoms with Crippen LogP contribution >= 0.6 is 11.3 Å². The van der Waals surface area contributed by atoms with E-state index in [0.717, 1.165) is 34.8 Å². The SMILES string of the molecule is CCc1cc2c(=O)[nH]c(CC3CCC3)nc2s1. The van der Waals surface area contributed by atoms with E-state index < -0.39 is 0 Å². The maximum absolute atomic E-state index is 11.9. The zero-order valence-corrected chi connectivity index (χ0v) is 10.8. The topological polar surface area (TPSA) is 45.8 Å². The first-order valence-electron chi connectivity index (χ1n) is 6.28. The number of thiophene rings is 1. The monoisotopic (exact) mass is 248 g/mol. The van der Waals surface area contributed by atoms with Crippen LogP contribution in [0.5, 0.6) is 0 Å². The summed E-state index contributed by atoms with van der Waals surface area (Å²) in [5, 5.41) is 0.754. The second-order valence-corrected chi connectivity index (χ2v) is 5.91. The molecule has 0 radical (unpaired) electrons. The number of rotatable bonds is 3. The Kier molecular flexibility index (Phi) is 2.74. The molecule has 90 valence electrons. The first-order valence-corrected chi connectivity index (χ1v) is 7.09. The van der Waals surface area contributed by atoms with E-state index in [-0.39, 0.29) is 5.56 Å². The molecule has 0 aliphatic heterocycles. The third-order valence-electron chi connectivity index (χ3n) is 3.56. The number of aryl methyl sites for hydroxylation is 1. The molecule has 17 heavy (non-hydrogen) atoms. The average molecular weight is 248 g/mol. The summed E-state index contributed by atoms with van der Waals surface area (Å²) in [4.78, 5) is 21.6. The summed E-state index contributed by atoms with van der Waals surface area (Å²) in [7, 11) is 0. The van der Waals surface area contributed by atoms with Crippen molar-refractivity contribution in [1.82, 2.24) is 9.97 Å². The predicted molar refractivity (Wildman–Crippen MR) is 70.7 cm³/mol. The fourth-order valence-electron chi connectivity index (χ4n) is 2.27. The van der Waals surface area contributed by atoms with Crippen molar-refractivity contribution >= 4 is 21.6 Å². The van der Waals surface area contributed by atoms with Crippen molar-refractivity contribution in [2.45, 2.75) is 39.0 Å². The Morgan fingerprint density at radius 3 is 3.00 bits per heavy atom. The van der Waals surface area contributed by atoms with Crippen molar-refractivity contribution in [2.24, 2.45) is 5.92 Å². The highest BCUT2D eigenvalue weighted by molar-refractivity contribution is 7.18. The minimum Gasteiger partial charge on any atom is -0.310 e. The summed E-state index contributed by atoms with van der Waals surface area (Å²) in [6.07, 6.45) is 5.80. The third kappa shape index (κ3) is 2.02. The van der Waals surface area contributed by atoms with Crippen LogP contribution in [0.2, 0.25) is 0 Å². The molecule has 2 aromatic heterocycles. The highest BCUT2D eigenvalue weighted by atomic mass is 32.1. The minimum absolute atomic E-state index is 0.0280. The number of aromatic nitrogens is 2. The highest BCUT2D eigenvalue weighted by Crippen LogP contribution is 2.29. The zero-order chi connectivity index (χ0) is 11.8. The molecule has 1 aliphatic carbocycles. The summed E-state index contributed by atoms with van der Waals surface area (Å²) in [6.45, 7) is 2.11. The standard InChI is InChI=1S/C13H16N2OS/c1-2-9-7-10-12(16)14-11(15-13(10)17-9)6-8-4-3-5-8/h7-8H,2-6H2,1H3,(H,14,15,16). The van der Waals surface area contributed by atoms with Crippen LogP contribution in [0.4, 0.5) is 0 Å². The zero-order valence-electron chi connectivity index (χ0n) is 9.95. The van der Waals surface area contributed by atoms with Crippen molar-refractivity contribution in [3.8, 4) is 0 Å². The van der Waals surface area contributed by atoms with Gasteiger partial charge in [0.05, 0.1) is 5.39 Å². The van der Waals surface area contributed by atoms with Crippen LogP contribution in [0.3, 0.4) is 0 Å². The van der Waals surface area contributed by atoms with Gasteiger partial charge in [-0.25, -0.2) is 4.98 Å². The van der Waals surface area contributed by atoms with E-state index >= 15 is 0 Å². The average Bonchev–Trinajstić information content (AvgIpc) is 2.67. The molecular formula is C13H16N2OS. The molecule has 3 rings (SSSR count). The van der Waals surface area contributed by atoms with Gasteiger partial charge in [0.25, 0.3) is 5.56 Å². The lowest BCUT2D eigenvalue weighted by Gasteiger charge is -2.24. The van der Waals surface area contributed by atoms with Crippen molar-refractivity contribution in [3.63, 3.8) is 0 Å². The van der Waals surface area contributed by atoms with E-state index in [4.69, 9.17) is 0 Å². The van der Waals surface area contributed by atoms with E-state index in [1.54, 1.807) is 11.3 Å². The molecule has 2 heterocycles. The first-order chi connectivity index (χ1) is 8.26. The highest BCUT2D eigenvalue weighted by Gasteiger charge is 2.19. The van der Waals surface area contributed by atoms with Gasteiger partial charge >= 0.3 is 0 Å².